The van der Waals surface area contributed by atoms with Crippen molar-refractivity contribution in [1.29, 1.82) is 0 Å². The Hall–Kier alpha value is -2.39. The lowest BCUT2D eigenvalue weighted by Gasteiger charge is -2.09. The first-order chi connectivity index (χ1) is 10.7. The van der Waals surface area contributed by atoms with Gasteiger partial charge in [-0.1, -0.05) is 0 Å². The van der Waals surface area contributed by atoms with E-state index in [0.717, 1.165) is 12.3 Å². The predicted octanol–water partition coefficient (Wildman–Crippen LogP) is 1.56. The van der Waals surface area contributed by atoms with E-state index in [4.69, 9.17) is 8.37 Å². The third-order valence-corrected chi connectivity index (χ3v) is 3.35. The van der Waals surface area contributed by atoms with Gasteiger partial charge in [-0.15, -0.1) is 5.10 Å². The van der Waals surface area contributed by atoms with E-state index in [1.54, 1.807) is 37.5 Å². The Morgan fingerprint density at radius 1 is 1.36 bits per heavy atom. The molecule has 114 valence electrons. The number of rotatable bonds is 5. The van der Waals surface area contributed by atoms with Gasteiger partial charge in [0, 0.05) is 12.4 Å². The molecule has 0 unspecified atom stereocenters. The summed E-state index contributed by atoms with van der Waals surface area (Å²) in [5.74, 6) is 1.30. The third kappa shape index (κ3) is 2.68. The van der Waals surface area contributed by atoms with Crippen LogP contribution in [0.5, 0.6) is 5.75 Å². The van der Waals surface area contributed by atoms with Crippen molar-refractivity contribution in [3.8, 4) is 11.6 Å². The fourth-order valence-electron chi connectivity index (χ4n) is 1.89. The van der Waals surface area contributed by atoms with Crippen LogP contribution in [0.2, 0.25) is 0 Å². The van der Waals surface area contributed by atoms with Gasteiger partial charge in [0.1, 0.15) is 5.82 Å². The second-order valence-corrected chi connectivity index (χ2v) is 4.82. The maximum absolute atomic E-state index is 12.5. The monoisotopic (exact) mass is 319 g/mol. The van der Waals surface area contributed by atoms with E-state index in [-0.39, 0.29) is 5.69 Å². The molecule has 22 heavy (non-hydrogen) atoms. The van der Waals surface area contributed by atoms with Crippen molar-refractivity contribution < 1.29 is 8.37 Å². The Bertz CT molecular complexity index is 860. The molecule has 3 aromatic heterocycles. The van der Waals surface area contributed by atoms with Gasteiger partial charge in [-0.25, -0.2) is 19.3 Å². The summed E-state index contributed by atoms with van der Waals surface area (Å²) in [6.07, 6.45) is 3.17. The average molecular weight is 319 g/mol. The summed E-state index contributed by atoms with van der Waals surface area (Å²) in [5, 5.41) is 4.08. The summed E-state index contributed by atoms with van der Waals surface area (Å²) >= 11 is 0.839. The second-order valence-electron chi connectivity index (χ2n) is 4.28. The molecule has 0 atom stereocenters. The van der Waals surface area contributed by atoms with Crippen LogP contribution in [0.4, 0.5) is 0 Å². The molecule has 0 aromatic carbocycles. The molecule has 8 nitrogen and oxygen atoms in total. The SMILES string of the molecule is CCOSOc1cccnc1-n1ccc2nc(C)nn2c1=O. The summed E-state index contributed by atoms with van der Waals surface area (Å²) in [5.41, 5.74) is 0.115. The van der Waals surface area contributed by atoms with Gasteiger partial charge in [-0.3, -0.25) is 4.18 Å². The molecule has 0 spiro atoms. The molecule has 0 aliphatic heterocycles. The van der Waals surface area contributed by atoms with Gasteiger partial charge in [0.25, 0.3) is 0 Å². The van der Waals surface area contributed by atoms with E-state index < -0.39 is 0 Å². The predicted molar refractivity (Wildman–Crippen MR) is 81.0 cm³/mol. The number of nitrogens with zero attached hydrogens (tertiary/aromatic N) is 5. The molecule has 0 saturated carbocycles. The zero-order chi connectivity index (χ0) is 15.5. The lowest BCUT2D eigenvalue weighted by Crippen LogP contribution is -2.26. The van der Waals surface area contributed by atoms with Crippen molar-refractivity contribution in [2.24, 2.45) is 0 Å². The quantitative estimate of drug-likeness (QED) is 0.521. The zero-order valence-electron chi connectivity index (χ0n) is 12.0. The fourth-order valence-corrected chi connectivity index (χ4v) is 2.23. The van der Waals surface area contributed by atoms with E-state index in [2.05, 4.69) is 15.1 Å². The standard InChI is InChI=1S/C13H13N5O3S/c1-3-20-22-21-10-5-4-7-14-12(10)17-8-6-11-15-9(2)16-18(11)13(17)19/h4-8H,3H2,1-2H3. The van der Waals surface area contributed by atoms with Crippen LogP contribution >= 0.6 is 12.3 Å². The normalized spacial score (nSPS) is 11.0. The highest BCUT2D eigenvalue weighted by molar-refractivity contribution is 7.90. The van der Waals surface area contributed by atoms with Crippen molar-refractivity contribution in [2.45, 2.75) is 13.8 Å². The van der Waals surface area contributed by atoms with Crippen LogP contribution in [0.1, 0.15) is 12.7 Å². The Morgan fingerprint density at radius 2 is 2.23 bits per heavy atom. The summed E-state index contributed by atoms with van der Waals surface area (Å²) < 4.78 is 13.1. The van der Waals surface area contributed by atoms with Crippen LogP contribution in [0.3, 0.4) is 0 Å². The molecule has 0 amide bonds. The third-order valence-electron chi connectivity index (χ3n) is 2.77. The minimum absolute atomic E-state index is 0.356. The summed E-state index contributed by atoms with van der Waals surface area (Å²) in [7, 11) is 0. The van der Waals surface area contributed by atoms with Gasteiger partial charge >= 0.3 is 5.69 Å². The number of fused-ring (bicyclic) bond motifs is 1. The van der Waals surface area contributed by atoms with Crippen LogP contribution in [0.15, 0.2) is 35.4 Å². The number of hydrogen-bond donors (Lipinski definition) is 0. The van der Waals surface area contributed by atoms with Crippen LogP contribution in [-0.2, 0) is 4.18 Å². The molecule has 3 rings (SSSR count). The molecule has 9 heteroatoms. The van der Waals surface area contributed by atoms with Gasteiger partial charge in [-0.05, 0) is 32.0 Å². The first-order valence-electron chi connectivity index (χ1n) is 6.57. The highest BCUT2D eigenvalue weighted by atomic mass is 32.2. The maximum Gasteiger partial charge on any atom is 0.356 e. The zero-order valence-corrected chi connectivity index (χ0v) is 12.8. The molecule has 0 radical (unpaired) electrons. The summed E-state index contributed by atoms with van der Waals surface area (Å²) in [6.45, 7) is 4.08. The topological polar surface area (TPSA) is 83.5 Å². The van der Waals surface area contributed by atoms with Gasteiger partial charge in [0.05, 0.1) is 6.61 Å². The van der Waals surface area contributed by atoms with Crippen LogP contribution < -0.4 is 9.87 Å². The molecule has 0 N–H and O–H groups in total. The highest BCUT2D eigenvalue weighted by Crippen LogP contribution is 2.23. The van der Waals surface area contributed by atoms with Crippen molar-refractivity contribution in [2.75, 3.05) is 6.61 Å². The number of pyridine rings is 1. The average Bonchev–Trinajstić information content (AvgIpc) is 2.90. The summed E-state index contributed by atoms with van der Waals surface area (Å²) in [4.78, 5) is 20.9. The Morgan fingerprint density at radius 3 is 3.05 bits per heavy atom. The Balaban J connectivity index is 2.07. The van der Waals surface area contributed by atoms with Crippen molar-refractivity contribution >= 4 is 18.0 Å². The van der Waals surface area contributed by atoms with Crippen molar-refractivity contribution in [3.05, 3.63) is 46.9 Å². The maximum atomic E-state index is 12.5. The smallest absolute Gasteiger partial charge is 0.356 e. The van der Waals surface area contributed by atoms with Crippen LogP contribution in [0, 0.1) is 6.92 Å². The Kier molecular flexibility index (Phi) is 4.07. The molecule has 3 heterocycles. The first kappa shape index (κ1) is 14.5. The van der Waals surface area contributed by atoms with E-state index in [1.165, 1.54) is 9.08 Å². The van der Waals surface area contributed by atoms with E-state index in [1.807, 2.05) is 6.92 Å². The highest BCUT2D eigenvalue weighted by Gasteiger charge is 2.13. The molecular weight excluding hydrogens is 306 g/mol. The second kappa shape index (κ2) is 6.16. The number of aryl methyl sites for hydroxylation is 1. The molecule has 0 saturated heterocycles. The lowest BCUT2D eigenvalue weighted by atomic mass is 10.4. The molecule has 0 fully saturated rings. The Labute approximate surface area is 130 Å². The van der Waals surface area contributed by atoms with Gasteiger partial charge < -0.3 is 4.18 Å². The summed E-state index contributed by atoms with van der Waals surface area (Å²) in [6, 6.07) is 5.11. The minimum Gasteiger partial charge on any atom is -0.396 e. The van der Waals surface area contributed by atoms with E-state index in [0.29, 0.717) is 29.6 Å². The number of hydrogen-bond acceptors (Lipinski definition) is 7. The van der Waals surface area contributed by atoms with E-state index >= 15 is 0 Å². The minimum atomic E-state index is -0.372. The molecule has 0 bridgehead atoms. The molecular formula is C13H13N5O3S. The largest absolute Gasteiger partial charge is 0.396 e. The van der Waals surface area contributed by atoms with Crippen LogP contribution in [-0.4, -0.2) is 30.8 Å². The van der Waals surface area contributed by atoms with Gasteiger partial charge in [0.15, 0.2) is 17.2 Å². The van der Waals surface area contributed by atoms with Crippen molar-refractivity contribution in [3.63, 3.8) is 0 Å². The number of aromatic nitrogens is 5. The first-order valence-corrected chi connectivity index (χ1v) is 7.24. The van der Waals surface area contributed by atoms with Crippen LogP contribution in [0.25, 0.3) is 11.5 Å². The molecule has 0 aliphatic carbocycles. The van der Waals surface area contributed by atoms with Gasteiger partial charge in [-0.2, -0.15) is 4.52 Å². The molecule has 3 aromatic rings. The van der Waals surface area contributed by atoms with Gasteiger partial charge in [0.2, 0.25) is 12.3 Å². The molecule has 0 aliphatic rings. The lowest BCUT2D eigenvalue weighted by molar-refractivity contribution is 0.369. The fraction of sp³-hybridized carbons (Fsp3) is 0.231. The van der Waals surface area contributed by atoms with Crippen molar-refractivity contribution in [1.82, 2.24) is 24.1 Å². The van der Waals surface area contributed by atoms with E-state index in [9.17, 15) is 4.79 Å².